The number of hydrogen-bond donors (Lipinski definition) is 1. The van der Waals surface area contributed by atoms with Gasteiger partial charge in [-0.2, -0.15) is 0 Å². The summed E-state index contributed by atoms with van der Waals surface area (Å²) in [6.45, 7) is 6.53. The minimum absolute atomic E-state index is 0. The van der Waals surface area contributed by atoms with Crippen molar-refractivity contribution in [2.75, 3.05) is 0 Å². The van der Waals surface area contributed by atoms with Gasteiger partial charge in [0.25, 0.3) is 0 Å². The van der Waals surface area contributed by atoms with Gasteiger partial charge in [0, 0.05) is 7.47 Å². The highest BCUT2D eigenvalue weighted by Gasteiger charge is 2.30. The number of rotatable bonds is 3. The standard InChI is InChI=1S/C12H17BrFNO2S.H2/c1-8(15-18(16,17)12(2,3)4)9-5-6-10(13)11(14)7-9;/h5-8,15H,1-4H3;1H. The molecule has 1 N–H and O–H groups in total. The maximum atomic E-state index is 13.4. The molecular formula is C12H19BrFNO2S. The molecular weight excluding hydrogens is 321 g/mol. The first-order chi connectivity index (χ1) is 8.04. The molecule has 0 radical (unpaired) electrons. The smallest absolute Gasteiger partial charge is 0.212 e. The molecule has 1 aromatic carbocycles. The molecule has 0 saturated heterocycles. The highest BCUT2D eigenvalue weighted by molar-refractivity contribution is 9.10. The fraction of sp³-hybridized carbons (Fsp3) is 0.500. The maximum Gasteiger partial charge on any atom is 0.217 e. The lowest BCUT2D eigenvalue weighted by atomic mass is 10.1. The van der Waals surface area contributed by atoms with Gasteiger partial charge in [0.2, 0.25) is 10.0 Å². The summed E-state index contributed by atoms with van der Waals surface area (Å²) in [6.07, 6.45) is 0. The monoisotopic (exact) mass is 339 g/mol. The van der Waals surface area contributed by atoms with Crippen LogP contribution < -0.4 is 4.72 Å². The van der Waals surface area contributed by atoms with Crippen molar-refractivity contribution < 1.29 is 14.2 Å². The van der Waals surface area contributed by atoms with Gasteiger partial charge in [-0.3, -0.25) is 0 Å². The zero-order chi connectivity index (χ0) is 14.1. The van der Waals surface area contributed by atoms with Gasteiger partial charge in [0.1, 0.15) is 5.82 Å². The molecule has 1 aromatic rings. The van der Waals surface area contributed by atoms with Crippen LogP contribution in [-0.2, 0) is 10.0 Å². The summed E-state index contributed by atoms with van der Waals surface area (Å²) in [7, 11) is -3.45. The van der Waals surface area contributed by atoms with E-state index < -0.39 is 26.6 Å². The molecule has 1 rings (SSSR count). The number of halogens is 2. The van der Waals surface area contributed by atoms with E-state index in [0.717, 1.165) is 0 Å². The molecule has 0 amide bonds. The van der Waals surface area contributed by atoms with E-state index in [2.05, 4.69) is 20.7 Å². The van der Waals surface area contributed by atoms with Gasteiger partial charge < -0.3 is 0 Å². The number of nitrogens with one attached hydrogen (secondary N) is 1. The quantitative estimate of drug-likeness (QED) is 0.914. The van der Waals surface area contributed by atoms with E-state index in [1.165, 1.54) is 6.07 Å². The average Bonchev–Trinajstić information content (AvgIpc) is 2.19. The Balaban J connectivity index is 0.00000324. The third-order valence-corrected chi connectivity index (χ3v) is 5.50. The van der Waals surface area contributed by atoms with Gasteiger partial charge in [-0.15, -0.1) is 0 Å². The molecule has 18 heavy (non-hydrogen) atoms. The molecule has 0 fully saturated rings. The van der Waals surface area contributed by atoms with Crippen LogP contribution in [0.15, 0.2) is 22.7 Å². The van der Waals surface area contributed by atoms with E-state index in [1.54, 1.807) is 39.8 Å². The highest BCUT2D eigenvalue weighted by atomic mass is 79.9. The third-order valence-electron chi connectivity index (χ3n) is 2.58. The number of hydrogen-bond acceptors (Lipinski definition) is 2. The van der Waals surface area contributed by atoms with Gasteiger partial charge in [-0.1, -0.05) is 6.07 Å². The van der Waals surface area contributed by atoms with Gasteiger partial charge in [0.15, 0.2) is 0 Å². The van der Waals surface area contributed by atoms with Crippen LogP contribution in [0, 0.1) is 5.82 Å². The van der Waals surface area contributed by atoms with Gasteiger partial charge in [0.05, 0.1) is 9.22 Å². The van der Waals surface area contributed by atoms with Crippen LogP contribution in [0.1, 0.15) is 40.7 Å². The Morgan fingerprint density at radius 3 is 2.39 bits per heavy atom. The second-order valence-corrected chi connectivity index (χ2v) is 8.45. The van der Waals surface area contributed by atoms with Crippen LogP contribution in [0.25, 0.3) is 0 Å². The van der Waals surface area contributed by atoms with Crippen molar-refractivity contribution in [1.82, 2.24) is 4.72 Å². The Kier molecular flexibility index (Phi) is 4.56. The molecule has 0 aromatic heterocycles. The molecule has 0 saturated carbocycles. The van der Waals surface area contributed by atoms with E-state index in [1.807, 2.05) is 0 Å². The normalized spacial score (nSPS) is 14.6. The van der Waals surface area contributed by atoms with Crippen molar-refractivity contribution >= 4 is 26.0 Å². The second-order valence-electron chi connectivity index (χ2n) is 5.13. The summed E-state index contributed by atoms with van der Waals surface area (Å²) >= 11 is 3.06. The lowest BCUT2D eigenvalue weighted by Gasteiger charge is -2.23. The minimum atomic E-state index is -3.45. The van der Waals surface area contributed by atoms with E-state index in [0.29, 0.717) is 10.0 Å². The first-order valence-corrected chi connectivity index (χ1v) is 7.79. The van der Waals surface area contributed by atoms with Gasteiger partial charge in [-0.25, -0.2) is 17.5 Å². The minimum Gasteiger partial charge on any atom is -0.212 e. The Bertz CT molecular complexity index is 543. The summed E-state index contributed by atoms with van der Waals surface area (Å²) in [6, 6.07) is 4.09. The summed E-state index contributed by atoms with van der Waals surface area (Å²) in [5.41, 5.74) is 0.587. The van der Waals surface area contributed by atoms with Crippen molar-refractivity contribution in [2.45, 2.75) is 38.5 Å². The maximum absolute atomic E-state index is 13.4. The summed E-state index contributed by atoms with van der Waals surface area (Å²) < 4.78 is 39.3. The highest BCUT2D eigenvalue weighted by Crippen LogP contribution is 2.23. The van der Waals surface area contributed by atoms with E-state index in [9.17, 15) is 12.8 Å². The molecule has 104 valence electrons. The SMILES string of the molecule is CC(NS(=O)(=O)C(C)(C)C)c1ccc(Br)c(F)c1.[HH]. The van der Waals surface area contributed by atoms with Crippen molar-refractivity contribution in [3.05, 3.63) is 34.1 Å². The topological polar surface area (TPSA) is 46.2 Å². The summed E-state index contributed by atoms with van der Waals surface area (Å²) in [5, 5.41) is 0. The molecule has 0 aliphatic rings. The zero-order valence-electron chi connectivity index (χ0n) is 10.8. The Morgan fingerprint density at radius 2 is 1.94 bits per heavy atom. The van der Waals surface area contributed by atoms with Crippen LogP contribution in [0.5, 0.6) is 0 Å². The predicted octanol–water partition coefficient (Wildman–Crippen LogP) is 3.61. The average molecular weight is 340 g/mol. The van der Waals surface area contributed by atoms with Crippen molar-refractivity contribution in [2.24, 2.45) is 0 Å². The molecule has 0 aliphatic heterocycles. The molecule has 6 heteroatoms. The van der Waals surface area contributed by atoms with Crippen LogP contribution in [0.2, 0.25) is 0 Å². The fourth-order valence-electron chi connectivity index (χ4n) is 1.26. The largest absolute Gasteiger partial charge is 0.217 e. The lowest BCUT2D eigenvalue weighted by Crippen LogP contribution is -2.40. The molecule has 0 bridgehead atoms. The summed E-state index contributed by atoms with van der Waals surface area (Å²) in [5.74, 6) is -0.408. The molecule has 0 spiro atoms. The molecule has 1 atom stereocenters. The van der Waals surface area contributed by atoms with Crippen molar-refractivity contribution in [3.8, 4) is 0 Å². The molecule has 0 aliphatic carbocycles. The van der Waals surface area contributed by atoms with E-state index in [-0.39, 0.29) is 1.43 Å². The first-order valence-electron chi connectivity index (χ1n) is 5.51. The van der Waals surface area contributed by atoms with Crippen LogP contribution in [0.3, 0.4) is 0 Å². The third kappa shape index (κ3) is 3.52. The molecule has 1 unspecified atom stereocenters. The van der Waals surface area contributed by atoms with Crippen LogP contribution in [0.4, 0.5) is 4.39 Å². The first kappa shape index (κ1) is 15.6. The zero-order valence-corrected chi connectivity index (χ0v) is 13.2. The van der Waals surface area contributed by atoms with Crippen LogP contribution in [-0.4, -0.2) is 13.2 Å². The number of benzene rings is 1. The van der Waals surface area contributed by atoms with Crippen molar-refractivity contribution in [3.63, 3.8) is 0 Å². The van der Waals surface area contributed by atoms with E-state index >= 15 is 0 Å². The van der Waals surface area contributed by atoms with Gasteiger partial charge in [-0.05, 0) is 61.3 Å². The van der Waals surface area contributed by atoms with E-state index in [4.69, 9.17) is 0 Å². The van der Waals surface area contributed by atoms with Crippen LogP contribution >= 0.6 is 15.9 Å². The van der Waals surface area contributed by atoms with Gasteiger partial charge >= 0.3 is 0 Å². The molecule has 3 nitrogen and oxygen atoms in total. The second kappa shape index (κ2) is 5.27. The Hall–Kier alpha value is -0.460. The Labute approximate surface area is 117 Å². The van der Waals surface area contributed by atoms with Crippen molar-refractivity contribution in [1.29, 1.82) is 0 Å². The fourth-order valence-corrected chi connectivity index (χ4v) is 2.46. The predicted molar refractivity (Wildman–Crippen MR) is 76.4 cm³/mol. The summed E-state index contributed by atoms with van der Waals surface area (Å²) in [4.78, 5) is 0. The lowest BCUT2D eigenvalue weighted by molar-refractivity contribution is 0.530. The number of sulfonamides is 1. The molecule has 0 heterocycles. The Morgan fingerprint density at radius 1 is 1.39 bits per heavy atom.